The van der Waals surface area contributed by atoms with Crippen molar-refractivity contribution in [2.45, 2.75) is 52.9 Å². The van der Waals surface area contributed by atoms with Crippen LogP contribution in [-0.4, -0.2) is 30.3 Å². The quantitative estimate of drug-likeness (QED) is 0.487. The molecule has 17 heavy (non-hydrogen) atoms. The lowest BCUT2D eigenvalue weighted by molar-refractivity contribution is -1.21. The molecule has 0 aliphatic heterocycles. The van der Waals surface area contributed by atoms with Crippen LogP contribution in [0.3, 0.4) is 0 Å². The molecule has 0 rings (SSSR count). The van der Waals surface area contributed by atoms with Crippen molar-refractivity contribution in [2.24, 2.45) is 0 Å². The van der Waals surface area contributed by atoms with E-state index in [2.05, 4.69) is 0 Å². The third-order valence-electron chi connectivity index (χ3n) is 2.13. The minimum absolute atomic E-state index is 0.336. The largest absolute Gasteiger partial charge is 0.372 e. The number of hydrogen-bond donors (Lipinski definition) is 0. The molecule has 0 unspecified atom stereocenters. The molecule has 0 aliphatic carbocycles. The number of hydroxylamine groups is 4. The number of hydrogen-bond acceptors (Lipinski definition) is 4. The van der Waals surface area contributed by atoms with Gasteiger partial charge in [0, 0.05) is 11.2 Å². The molecule has 0 N–H and O–H groups in total. The summed E-state index contributed by atoms with van der Waals surface area (Å²) in [4.78, 5) is 32.9. The van der Waals surface area contributed by atoms with Gasteiger partial charge in [0.2, 0.25) is 0 Å². The summed E-state index contributed by atoms with van der Waals surface area (Å²) in [5.41, 5.74) is 0. The lowest BCUT2D eigenvalue weighted by atomic mass is 10.3. The zero-order chi connectivity index (χ0) is 13.3. The fourth-order valence-electron chi connectivity index (χ4n) is 1.45. The zero-order valence-corrected chi connectivity index (χ0v) is 11.3. The average Bonchev–Trinajstić information content (AvgIpc) is 2.17. The van der Waals surface area contributed by atoms with Crippen LogP contribution in [0, 0.1) is 0 Å². The number of carbonyl (C=O) groups is 2. The van der Waals surface area contributed by atoms with Gasteiger partial charge in [-0.1, -0.05) is 20.8 Å². The van der Waals surface area contributed by atoms with Crippen LogP contribution in [0.5, 0.6) is 0 Å². The van der Waals surface area contributed by atoms with Gasteiger partial charge >= 0.3 is 11.9 Å². The highest BCUT2D eigenvalue weighted by Crippen LogP contribution is 2.11. The second-order valence-electron chi connectivity index (χ2n) is 4.16. The number of quaternary nitrogens is 1. The third kappa shape index (κ3) is 6.94. The van der Waals surface area contributed by atoms with E-state index in [0.717, 1.165) is 6.42 Å². The fourth-order valence-corrected chi connectivity index (χ4v) is 1.45. The van der Waals surface area contributed by atoms with Gasteiger partial charge in [-0.2, -0.15) is 0 Å². The Balaban J connectivity index is 4.43. The first-order valence-electron chi connectivity index (χ1n) is 6.27. The smallest absolute Gasteiger partial charge is 0.245 e. The Kier molecular flexibility index (Phi) is 7.54. The molecule has 0 radical (unpaired) electrons. The fraction of sp³-hybridized carbons (Fsp3) is 0.833. The topological polar surface area (TPSA) is 52.6 Å². The molecule has 100 valence electrons. The Morgan fingerprint density at radius 1 is 0.882 bits per heavy atom. The molecule has 0 bridgehead atoms. The lowest BCUT2D eigenvalue weighted by Crippen LogP contribution is -2.47. The van der Waals surface area contributed by atoms with Crippen molar-refractivity contribution in [1.82, 2.24) is 0 Å². The summed E-state index contributed by atoms with van der Waals surface area (Å²) in [6.45, 7) is 6.20. The van der Waals surface area contributed by atoms with E-state index in [9.17, 15) is 9.59 Å². The Morgan fingerprint density at radius 2 is 1.29 bits per heavy atom. The Morgan fingerprint density at radius 3 is 1.59 bits per heavy atom. The number of rotatable bonds is 8. The van der Waals surface area contributed by atoms with Crippen molar-refractivity contribution < 1.29 is 24.1 Å². The second-order valence-corrected chi connectivity index (χ2v) is 4.16. The van der Waals surface area contributed by atoms with Gasteiger partial charge in [0.1, 0.15) is 0 Å². The maximum atomic E-state index is 11.4. The Hall–Kier alpha value is -1.10. The Bertz CT molecular complexity index is 233. The van der Waals surface area contributed by atoms with Gasteiger partial charge in [-0.05, 0) is 12.8 Å². The zero-order valence-electron chi connectivity index (χ0n) is 11.3. The molecule has 0 heterocycles. The van der Waals surface area contributed by atoms with Gasteiger partial charge < -0.3 is 0 Å². The summed E-state index contributed by atoms with van der Waals surface area (Å²) in [5.74, 6) is -0.680. The lowest BCUT2D eigenvalue weighted by Gasteiger charge is -2.26. The molecule has 0 aromatic rings. The summed E-state index contributed by atoms with van der Waals surface area (Å²) in [6.07, 6.45) is 2.86. The van der Waals surface area contributed by atoms with Gasteiger partial charge in [-0.3, -0.25) is 0 Å². The van der Waals surface area contributed by atoms with Crippen molar-refractivity contribution in [3.05, 3.63) is 0 Å². The van der Waals surface area contributed by atoms with Crippen LogP contribution >= 0.6 is 0 Å². The molecule has 0 aliphatic rings. The highest BCUT2D eigenvalue weighted by atomic mass is 17.0. The van der Waals surface area contributed by atoms with E-state index in [0.29, 0.717) is 32.2 Å². The maximum absolute atomic E-state index is 11.4. The van der Waals surface area contributed by atoms with Crippen LogP contribution in [-0.2, 0) is 19.3 Å². The summed E-state index contributed by atoms with van der Waals surface area (Å²) < 4.78 is 0. The minimum Gasteiger partial charge on any atom is -0.245 e. The predicted molar refractivity (Wildman–Crippen MR) is 63.3 cm³/mol. The van der Waals surface area contributed by atoms with Crippen LogP contribution in [0.15, 0.2) is 0 Å². The third-order valence-corrected chi connectivity index (χ3v) is 2.13. The molecule has 0 saturated carbocycles. The van der Waals surface area contributed by atoms with E-state index in [4.69, 9.17) is 9.68 Å². The van der Waals surface area contributed by atoms with Crippen LogP contribution < -0.4 is 0 Å². The van der Waals surface area contributed by atoms with E-state index in [1.807, 2.05) is 20.8 Å². The van der Waals surface area contributed by atoms with Gasteiger partial charge in [0.05, 0.1) is 12.8 Å². The van der Waals surface area contributed by atoms with Crippen molar-refractivity contribution >= 4 is 11.9 Å². The summed E-state index contributed by atoms with van der Waals surface area (Å²) >= 11 is 0. The van der Waals surface area contributed by atoms with Crippen LogP contribution in [0.2, 0.25) is 0 Å². The van der Waals surface area contributed by atoms with Crippen molar-refractivity contribution in [3.63, 3.8) is 0 Å². The first kappa shape index (κ1) is 15.9. The van der Waals surface area contributed by atoms with E-state index >= 15 is 0 Å². The van der Waals surface area contributed by atoms with Gasteiger partial charge in [-0.15, -0.1) is 0 Å². The molecule has 0 saturated heterocycles. The van der Waals surface area contributed by atoms with Gasteiger partial charge in [0.15, 0.2) is 13.6 Å². The molecule has 0 spiro atoms. The molecule has 0 aromatic carbocycles. The minimum atomic E-state index is -0.409. The molecular weight excluding hydrogens is 222 g/mol. The van der Waals surface area contributed by atoms with Crippen LogP contribution in [0.4, 0.5) is 0 Å². The first-order chi connectivity index (χ1) is 7.97. The first-order valence-corrected chi connectivity index (χ1v) is 6.27. The molecule has 0 atom stereocenters. The second kappa shape index (κ2) is 8.06. The highest BCUT2D eigenvalue weighted by Gasteiger charge is 2.32. The monoisotopic (exact) mass is 246 g/mol. The van der Waals surface area contributed by atoms with Crippen LogP contribution in [0.25, 0.3) is 0 Å². The van der Waals surface area contributed by atoms with Gasteiger partial charge in [0.25, 0.3) is 0 Å². The van der Waals surface area contributed by atoms with Crippen LogP contribution in [0.1, 0.15) is 52.9 Å². The highest BCUT2D eigenvalue weighted by molar-refractivity contribution is 5.69. The van der Waals surface area contributed by atoms with Crippen molar-refractivity contribution in [3.8, 4) is 0 Å². The molecule has 0 fully saturated rings. The van der Waals surface area contributed by atoms with E-state index < -0.39 is 4.81 Å². The maximum Gasteiger partial charge on any atom is 0.372 e. The SMILES string of the molecule is CCCC(=O)O[N+](C)(CCC)OC(=O)CCC. The molecule has 0 amide bonds. The summed E-state index contributed by atoms with van der Waals surface area (Å²) in [5, 5.41) is 0. The molecular formula is C12H24NO4+. The van der Waals surface area contributed by atoms with E-state index in [1.54, 1.807) is 7.05 Å². The van der Waals surface area contributed by atoms with Gasteiger partial charge in [-0.25, -0.2) is 19.3 Å². The standard InChI is InChI=1S/C12H24NO4/c1-5-8-11(14)16-13(4,10-7-3)17-12(15)9-6-2/h5-10H2,1-4H3/q+1. The Labute approximate surface area is 103 Å². The summed E-state index contributed by atoms with van der Waals surface area (Å²) in [7, 11) is 1.59. The molecule has 5 heteroatoms. The van der Waals surface area contributed by atoms with E-state index in [1.165, 1.54) is 0 Å². The van der Waals surface area contributed by atoms with E-state index in [-0.39, 0.29) is 11.9 Å². The average molecular weight is 246 g/mol. The van der Waals surface area contributed by atoms with Crippen molar-refractivity contribution in [1.29, 1.82) is 0 Å². The predicted octanol–water partition coefficient (Wildman–Crippen LogP) is 2.36. The summed E-state index contributed by atoms with van der Waals surface area (Å²) in [6, 6.07) is 0. The number of nitrogens with zero attached hydrogens (tertiary/aromatic N) is 1. The molecule has 0 aromatic heterocycles. The molecule has 5 nitrogen and oxygen atoms in total. The van der Waals surface area contributed by atoms with Crippen molar-refractivity contribution in [2.75, 3.05) is 13.6 Å². The normalized spacial score (nSPS) is 11.1. The number of carbonyl (C=O) groups excluding carboxylic acids is 2.